The Labute approximate surface area is 84.9 Å². The van der Waals surface area contributed by atoms with Crippen LogP contribution in [0.2, 0.25) is 0 Å². The largest absolute Gasteiger partial charge is 0.466 e. The molecule has 0 amide bonds. The van der Waals surface area contributed by atoms with E-state index < -0.39 is 5.60 Å². The summed E-state index contributed by atoms with van der Waals surface area (Å²) in [6, 6.07) is 3.74. The minimum atomic E-state index is -0.691. The Bertz CT molecular complexity index is 256. The Morgan fingerprint density at radius 3 is 2.29 bits per heavy atom. The predicted octanol–water partition coefficient (Wildman–Crippen LogP) is 3.21. The first-order chi connectivity index (χ1) is 6.81. The minimum absolute atomic E-state index is 0.691. The summed E-state index contributed by atoms with van der Waals surface area (Å²) in [6.45, 7) is 0. The van der Waals surface area contributed by atoms with Crippen molar-refractivity contribution in [2.75, 3.05) is 0 Å². The molecular formula is C12H18O2. The zero-order valence-electron chi connectivity index (χ0n) is 8.54. The molecule has 1 fully saturated rings. The van der Waals surface area contributed by atoms with Crippen LogP contribution < -0.4 is 0 Å². The van der Waals surface area contributed by atoms with E-state index in [-0.39, 0.29) is 0 Å². The van der Waals surface area contributed by atoms with Gasteiger partial charge in [0.05, 0.1) is 6.26 Å². The number of aliphatic hydroxyl groups is 1. The summed E-state index contributed by atoms with van der Waals surface area (Å²) in [5, 5.41) is 10.4. The molecule has 1 saturated carbocycles. The summed E-state index contributed by atoms with van der Waals surface area (Å²) in [5.41, 5.74) is -0.691. The zero-order valence-corrected chi connectivity index (χ0v) is 8.54. The topological polar surface area (TPSA) is 33.4 Å². The molecule has 14 heavy (non-hydrogen) atoms. The molecule has 0 bridgehead atoms. The first kappa shape index (κ1) is 9.78. The number of rotatable bonds is 1. The molecule has 78 valence electrons. The molecule has 0 aromatic carbocycles. The molecule has 1 aromatic heterocycles. The highest BCUT2D eigenvalue weighted by atomic mass is 16.4. The van der Waals surface area contributed by atoms with Crippen LogP contribution >= 0.6 is 0 Å². The number of hydrogen-bond donors (Lipinski definition) is 1. The molecule has 0 spiro atoms. The maximum absolute atomic E-state index is 10.4. The van der Waals surface area contributed by atoms with Gasteiger partial charge in [-0.2, -0.15) is 0 Å². The van der Waals surface area contributed by atoms with Gasteiger partial charge in [0.1, 0.15) is 11.4 Å². The van der Waals surface area contributed by atoms with Crippen LogP contribution in [0.1, 0.15) is 50.7 Å². The number of hydrogen-bond acceptors (Lipinski definition) is 2. The summed E-state index contributed by atoms with van der Waals surface area (Å²) in [7, 11) is 0. The molecule has 1 heterocycles. The maximum Gasteiger partial charge on any atom is 0.135 e. The van der Waals surface area contributed by atoms with Crippen LogP contribution in [0.25, 0.3) is 0 Å². The van der Waals surface area contributed by atoms with E-state index in [0.29, 0.717) is 0 Å². The summed E-state index contributed by atoms with van der Waals surface area (Å²) >= 11 is 0. The van der Waals surface area contributed by atoms with Gasteiger partial charge in [-0.05, 0) is 25.0 Å². The summed E-state index contributed by atoms with van der Waals surface area (Å²) in [5.74, 6) is 0.749. The third-order valence-electron chi connectivity index (χ3n) is 3.16. The molecule has 0 radical (unpaired) electrons. The van der Waals surface area contributed by atoms with E-state index in [1.165, 1.54) is 19.3 Å². The third kappa shape index (κ3) is 2.01. The summed E-state index contributed by atoms with van der Waals surface area (Å²) in [4.78, 5) is 0. The van der Waals surface area contributed by atoms with Crippen LogP contribution in [0.4, 0.5) is 0 Å². The fourth-order valence-electron chi connectivity index (χ4n) is 2.28. The molecule has 1 aliphatic carbocycles. The van der Waals surface area contributed by atoms with Gasteiger partial charge < -0.3 is 9.52 Å². The van der Waals surface area contributed by atoms with Crippen LogP contribution in [0.3, 0.4) is 0 Å². The average Bonchev–Trinajstić information content (AvgIpc) is 2.65. The van der Waals surface area contributed by atoms with E-state index in [0.717, 1.165) is 31.4 Å². The van der Waals surface area contributed by atoms with Crippen molar-refractivity contribution in [2.45, 2.75) is 50.5 Å². The van der Waals surface area contributed by atoms with Crippen LogP contribution in [-0.2, 0) is 5.60 Å². The van der Waals surface area contributed by atoms with E-state index >= 15 is 0 Å². The van der Waals surface area contributed by atoms with Gasteiger partial charge in [0.15, 0.2) is 0 Å². The smallest absolute Gasteiger partial charge is 0.135 e. The molecule has 2 nitrogen and oxygen atoms in total. The molecule has 0 unspecified atom stereocenters. The molecule has 0 atom stereocenters. The van der Waals surface area contributed by atoms with E-state index in [4.69, 9.17) is 4.42 Å². The Kier molecular flexibility index (Phi) is 2.92. The van der Waals surface area contributed by atoms with Crippen molar-refractivity contribution in [3.05, 3.63) is 24.2 Å². The van der Waals surface area contributed by atoms with Crippen molar-refractivity contribution in [3.63, 3.8) is 0 Å². The Morgan fingerprint density at radius 2 is 1.71 bits per heavy atom. The van der Waals surface area contributed by atoms with E-state index in [1.54, 1.807) is 6.26 Å². The predicted molar refractivity (Wildman–Crippen MR) is 54.9 cm³/mol. The van der Waals surface area contributed by atoms with Crippen molar-refractivity contribution >= 4 is 0 Å². The quantitative estimate of drug-likeness (QED) is 0.744. The minimum Gasteiger partial charge on any atom is -0.466 e. The van der Waals surface area contributed by atoms with Gasteiger partial charge in [0.25, 0.3) is 0 Å². The van der Waals surface area contributed by atoms with Crippen LogP contribution in [0.5, 0.6) is 0 Å². The van der Waals surface area contributed by atoms with E-state index in [9.17, 15) is 5.11 Å². The standard InChI is InChI=1S/C12H18O2/c13-12(11-7-6-10-14-11)8-4-2-1-3-5-9-12/h6-7,10,13H,1-5,8-9H2. The van der Waals surface area contributed by atoms with Gasteiger partial charge >= 0.3 is 0 Å². The lowest BCUT2D eigenvalue weighted by molar-refractivity contribution is -0.0102. The third-order valence-corrected chi connectivity index (χ3v) is 3.16. The fourth-order valence-corrected chi connectivity index (χ4v) is 2.28. The maximum atomic E-state index is 10.4. The highest BCUT2D eigenvalue weighted by Crippen LogP contribution is 2.35. The Morgan fingerprint density at radius 1 is 1.07 bits per heavy atom. The Hall–Kier alpha value is -0.760. The van der Waals surface area contributed by atoms with Gasteiger partial charge in [-0.3, -0.25) is 0 Å². The zero-order chi connectivity index (χ0) is 9.86. The van der Waals surface area contributed by atoms with E-state index in [2.05, 4.69) is 0 Å². The van der Waals surface area contributed by atoms with Crippen molar-refractivity contribution < 1.29 is 9.52 Å². The molecule has 2 rings (SSSR count). The van der Waals surface area contributed by atoms with Gasteiger partial charge in [0, 0.05) is 0 Å². The normalized spacial score (nSPS) is 22.6. The summed E-state index contributed by atoms with van der Waals surface area (Å²) < 4.78 is 5.32. The van der Waals surface area contributed by atoms with Gasteiger partial charge in [0.2, 0.25) is 0 Å². The second-order valence-electron chi connectivity index (χ2n) is 4.28. The second kappa shape index (κ2) is 4.18. The van der Waals surface area contributed by atoms with Crippen LogP contribution in [-0.4, -0.2) is 5.11 Å². The molecule has 1 aromatic rings. The average molecular weight is 194 g/mol. The summed E-state index contributed by atoms with van der Waals surface area (Å²) in [6.07, 6.45) is 9.35. The van der Waals surface area contributed by atoms with Crippen molar-refractivity contribution in [1.82, 2.24) is 0 Å². The van der Waals surface area contributed by atoms with E-state index in [1.807, 2.05) is 12.1 Å². The first-order valence-corrected chi connectivity index (χ1v) is 5.58. The van der Waals surface area contributed by atoms with Crippen LogP contribution in [0.15, 0.2) is 22.8 Å². The fraction of sp³-hybridized carbons (Fsp3) is 0.667. The molecule has 1 aliphatic rings. The molecule has 0 aliphatic heterocycles. The highest BCUT2D eigenvalue weighted by molar-refractivity contribution is 5.09. The van der Waals surface area contributed by atoms with Crippen molar-refractivity contribution in [3.8, 4) is 0 Å². The molecular weight excluding hydrogens is 176 g/mol. The monoisotopic (exact) mass is 194 g/mol. The van der Waals surface area contributed by atoms with Gasteiger partial charge in [-0.25, -0.2) is 0 Å². The van der Waals surface area contributed by atoms with Gasteiger partial charge in [-0.1, -0.05) is 32.1 Å². The molecule has 2 heteroatoms. The van der Waals surface area contributed by atoms with Crippen LogP contribution in [0, 0.1) is 0 Å². The SMILES string of the molecule is OC1(c2ccco2)CCCCCCC1. The lowest BCUT2D eigenvalue weighted by Gasteiger charge is -2.27. The second-order valence-corrected chi connectivity index (χ2v) is 4.28. The molecule has 0 saturated heterocycles. The van der Waals surface area contributed by atoms with Crippen molar-refractivity contribution in [2.24, 2.45) is 0 Å². The van der Waals surface area contributed by atoms with Crippen molar-refractivity contribution in [1.29, 1.82) is 0 Å². The highest BCUT2D eigenvalue weighted by Gasteiger charge is 2.31. The number of furan rings is 1. The lowest BCUT2D eigenvalue weighted by Crippen LogP contribution is -2.25. The first-order valence-electron chi connectivity index (χ1n) is 5.58. The lowest BCUT2D eigenvalue weighted by atomic mass is 9.85. The van der Waals surface area contributed by atoms with Gasteiger partial charge in [-0.15, -0.1) is 0 Å². The molecule has 1 N–H and O–H groups in total. The Balaban J connectivity index is 2.11.